The van der Waals surface area contributed by atoms with E-state index in [1.165, 1.54) is 50.9 Å². The third-order valence-corrected chi connectivity index (χ3v) is 3.51. The number of likely N-dealkylation sites (tertiary alicyclic amines) is 1. The predicted molar refractivity (Wildman–Crippen MR) is 69.8 cm³/mol. The van der Waals surface area contributed by atoms with E-state index in [0.29, 0.717) is 0 Å². The summed E-state index contributed by atoms with van der Waals surface area (Å²) >= 11 is 0. The Balaban J connectivity index is 1.79. The molecule has 0 radical (unpaired) electrons. The molecule has 1 saturated heterocycles. The van der Waals surface area contributed by atoms with Gasteiger partial charge in [-0.05, 0) is 56.9 Å². The average Bonchev–Trinajstić information content (AvgIpc) is 2.40. The summed E-state index contributed by atoms with van der Waals surface area (Å²) < 4.78 is 0. The van der Waals surface area contributed by atoms with Crippen molar-refractivity contribution in [3.05, 3.63) is 35.4 Å². The van der Waals surface area contributed by atoms with E-state index in [1.54, 1.807) is 0 Å². The maximum atomic E-state index is 9.01. The lowest BCUT2D eigenvalue weighted by molar-refractivity contribution is 0.226. The van der Waals surface area contributed by atoms with Gasteiger partial charge in [-0.25, -0.2) is 0 Å². The highest BCUT2D eigenvalue weighted by molar-refractivity contribution is 5.37. The smallest absolute Gasteiger partial charge is 0.0994 e. The van der Waals surface area contributed by atoms with E-state index in [2.05, 4.69) is 17.0 Å². The summed E-state index contributed by atoms with van der Waals surface area (Å²) in [5, 5.41) is 9.01. The van der Waals surface area contributed by atoms with Gasteiger partial charge in [0.2, 0.25) is 0 Å². The molecule has 90 valence electrons. The van der Waals surface area contributed by atoms with Crippen molar-refractivity contribution in [1.29, 1.82) is 5.26 Å². The van der Waals surface area contributed by atoms with Gasteiger partial charge < -0.3 is 4.90 Å². The number of rotatable bonds is 4. The molecule has 0 atom stereocenters. The minimum absolute atomic E-state index is 0.839. The number of piperidine rings is 1. The Labute approximate surface area is 104 Å². The molecule has 1 aliphatic heterocycles. The van der Waals surface area contributed by atoms with Gasteiger partial charge in [-0.15, -0.1) is 0 Å². The number of aryl methyl sites for hydroxylation is 1. The number of hydrogen-bond donors (Lipinski definition) is 0. The molecule has 1 aromatic rings. The fraction of sp³-hybridized carbons (Fsp3) is 0.533. The molecule has 1 aliphatic rings. The Bertz CT molecular complexity index is 386. The summed E-state index contributed by atoms with van der Waals surface area (Å²) in [4.78, 5) is 2.55. The second-order valence-electron chi connectivity index (χ2n) is 4.77. The van der Waals surface area contributed by atoms with Crippen LogP contribution in [-0.2, 0) is 6.42 Å². The molecule has 17 heavy (non-hydrogen) atoms. The summed E-state index contributed by atoms with van der Waals surface area (Å²) in [6.45, 7) is 3.71. The Morgan fingerprint density at radius 1 is 1.12 bits per heavy atom. The number of hydrogen-bond acceptors (Lipinski definition) is 2. The van der Waals surface area contributed by atoms with Crippen molar-refractivity contribution in [1.82, 2.24) is 4.90 Å². The molecule has 1 heterocycles. The zero-order valence-corrected chi connectivity index (χ0v) is 10.4. The lowest BCUT2D eigenvalue weighted by Crippen LogP contribution is -2.30. The van der Waals surface area contributed by atoms with Crippen molar-refractivity contribution < 1.29 is 0 Å². The van der Waals surface area contributed by atoms with Crippen molar-refractivity contribution in [2.24, 2.45) is 0 Å². The van der Waals surface area contributed by atoms with Gasteiger partial charge in [0.1, 0.15) is 0 Å². The highest BCUT2D eigenvalue weighted by atomic mass is 15.1. The fourth-order valence-corrected chi connectivity index (χ4v) is 2.52. The molecule has 0 bridgehead atoms. The van der Waals surface area contributed by atoms with Gasteiger partial charge in [-0.1, -0.05) is 24.6 Å². The van der Waals surface area contributed by atoms with E-state index in [0.717, 1.165) is 12.0 Å². The first-order valence-electron chi connectivity index (χ1n) is 6.60. The van der Waals surface area contributed by atoms with E-state index in [1.807, 2.05) is 18.2 Å². The summed E-state index contributed by atoms with van der Waals surface area (Å²) in [6.07, 6.45) is 6.30. The van der Waals surface area contributed by atoms with E-state index < -0.39 is 0 Å². The highest BCUT2D eigenvalue weighted by Crippen LogP contribution is 2.12. The molecule has 2 nitrogen and oxygen atoms in total. The van der Waals surface area contributed by atoms with E-state index >= 15 is 0 Å². The standard InChI is InChI=1S/C15H20N2/c16-13-15-8-3-2-7-14(15)9-6-12-17-10-4-1-5-11-17/h2-3,7-8H,1,4-6,9-12H2. The molecule has 0 saturated carbocycles. The van der Waals surface area contributed by atoms with Crippen molar-refractivity contribution >= 4 is 0 Å². The van der Waals surface area contributed by atoms with Crippen LogP contribution in [0.5, 0.6) is 0 Å². The monoisotopic (exact) mass is 228 g/mol. The molecule has 1 fully saturated rings. The largest absolute Gasteiger partial charge is 0.303 e. The molecular formula is C15H20N2. The quantitative estimate of drug-likeness (QED) is 0.792. The molecule has 0 aromatic heterocycles. The van der Waals surface area contributed by atoms with Crippen LogP contribution in [0.1, 0.15) is 36.8 Å². The second-order valence-corrected chi connectivity index (χ2v) is 4.77. The molecule has 0 spiro atoms. The van der Waals surface area contributed by atoms with E-state index in [4.69, 9.17) is 5.26 Å². The van der Waals surface area contributed by atoms with Crippen LogP contribution < -0.4 is 0 Å². The minimum atomic E-state index is 0.839. The van der Waals surface area contributed by atoms with Crippen LogP contribution in [0.4, 0.5) is 0 Å². The van der Waals surface area contributed by atoms with Crippen LogP contribution in [0.2, 0.25) is 0 Å². The summed E-state index contributed by atoms with van der Waals surface area (Å²) in [5.74, 6) is 0. The summed E-state index contributed by atoms with van der Waals surface area (Å²) in [6, 6.07) is 10.2. The molecule has 1 aromatic carbocycles. The molecular weight excluding hydrogens is 208 g/mol. The van der Waals surface area contributed by atoms with Gasteiger partial charge in [0.15, 0.2) is 0 Å². The van der Waals surface area contributed by atoms with Crippen molar-refractivity contribution in [3.63, 3.8) is 0 Å². The third-order valence-electron chi connectivity index (χ3n) is 3.51. The zero-order valence-electron chi connectivity index (χ0n) is 10.4. The average molecular weight is 228 g/mol. The number of nitrogens with zero attached hydrogens (tertiary/aromatic N) is 2. The van der Waals surface area contributed by atoms with E-state index in [9.17, 15) is 0 Å². The zero-order chi connectivity index (χ0) is 11.9. The number of benzene rings is 1. The fourth-order valence-electron chi connectivity index (χ4n) is 2.52. The number of nitriles is 1. The van der Waals surface area contributed by atoms with Crippen LogP contribution in [0, 0.1) is 11.3 Å². The van der Waals surface area contributed by atoms with Crippen molar-refractivity contribution in [3.8, 4) is 6.07 Å². The summed E-state index contributed by atoms with van der Waals surface area (Å²) in [7, 11) is 0. The van der Waals surface area contributed by atoms with Crippen molar-refractivity contribution in [2.75, 3.05) is 19.6 Å². The van der Waals surface area contributed by atoms with Gasteiger partial charge in [-0.3, -0.25) is 0 Å². The second kappa shape index (κ2) is 6.42. The van der Waals surface area contributed by atoms with Gasteiger partial charge in [0.05, 0.1) is 11.6 Å². The van der Waals surface area contributed by atoms with Gasteiger partial charge in [-0.2, -0.15) is 5.26 Å². The maximum Gasteiger partial charge on any atom is 0.0994 e. The molecule has 0 unspecified atom stereocenters. The van der Waals surface area contributed by atoms with Gasteiger partial charge in [0, 0.05) is 0 Å². The SMILES string of the molecule is N#Cc1ccccc1CCCN1CCCCC1. The lowest BCUT2D eigenvalue weighted by atomic mass is 10.0. The lowest BCUT2D eigenvalue weighted by Gasteiger charge is -2.26. The van der Waals surface area contributed by atoms with Crippen LogP contribution in [0.3, 0.4) is 0 Å². The van der Waals surface area contributed by atoms with Crippen LogP contribution in [-0.4, -0.2) is 24.5 Å². The first kappa shape index (κ1) is 12.1. The molecule has 2 heteroatoms. The Morgan fingerprint density at radius 3 is 2.65 bits per heavy atom. The molecule has 2 rings (SSSR count). The maximum absolute atomic E-state index is 9.01. The molecule has 0 amide bonds. The van der Waals surface area contributed by atoms with Gasteiger partial charge >= 0.3 is 0 Å². The molecule has 0 aliphatic carbocycles. The predicted octanol–water partition coefficient (Wildman–Crippen LogP) is 2.98. The first-order valence-corrected chi connectivity index (χ1v) is 6.60. The Kier molecular flexibility index (Phi) is 4.58. The van der Waals surface area contributed by atoms with Crippen molar-refractivity contribution in [2.45, 2.75) is 32.1 Å². The first-order chi connectivity index (χ1) is 8.40. The van der Waals surface area contributed by atoms with E-state index in [-0.39, 0.29) is 0 Å². The Hall–Kier alpha value is -1.33. The van der Waals surface area contributed by atoms with Crippen LogP contribution >= 0.6 is 0 Å². The third kappa shape index (κ3) is 3.57. The van der Waals surface area contributed by atoms with Crippen LogP contribution in [0.15, 0.2) is 24.3 Å². The minimum Gasteiger partial charge on any atom is -0.303 e. The normalized spacial score (nSPS) is 16.6. The van der Waals surface area contributed by atoms with Crippen LogP contribution in [0.25, 0.3) is 0 Å². The van der Waals surface area contributed by atoms with Gasteiger partial charge in [0.25, 0.3) is 0 Å². The summed E-state index contributed by atoms with van der Waals surface area (Å²) in [5.41, 5.74) is 2.04. The topological polar surface area (TPSA) is 27.0 Å². The highest BCUT2D eigenvalue weighted by Gasteiger charge is 2.09. The molecule has 0 N–H and O–H groups in total. The Morgan fingerprint density at radius 2 is 1.88 bits per heavy atom.